The predicted octanol–water partition coefficient (Wildman–Crippen LogP) is 0.566. The second kappa shape index (κ2) is 5.43. The molecule has 1 N–H and O–H groups in total. The summed E-state index contributed by atoms with van der Waals surface area (Å²) in [5, 5.41) is 3.20. The third kappa shape index (κ3) is 2.43. The Balaban J connectivity index is 1.97. The van der Waals surface area contributed by atoms with Crippen LogP contribution in [0.2, 0.25) is 0 Å². The van der Waals surface area contributed by atoms with Gasteiger partial charge in [0, 0.05) is 25.6 Å². The van der Waals surface area contributed by atoms with Gasteiger partial charge in [0.25, 0.3) is 0 Å². The average molecular weight is 224 g/mol. The minimum Gasteiger partial charge on any atom is -0.333 e. The van der Waals surface area contributed by atoms with E-state index in [2.05, 4.69) is 5.32 Å². The first kappa shape index (κ1) is 11.6. The first-order valence-corrected chi connectivity index (χ1v) is 6.28. The second-order valence-electron chi connectivity index (χ2n) is 4.80. The van der Waals surface area contributed by atoms with Gasteiger partial charge in [-0.25, -0.2) is 0 Å². The number of Topliss-reactive ketones (excluding diaryl/α,β-unsaturated/α-hetero) is 1. The number of nitrogens with zero attached hydrogens (tertiary/aromatic N) is 1. The van der Waals surface area contributed by atoms with E-state index in [1.807, 2.05) is 0 Å². The van der Waals surface area contributed by atoms with Gasteiger partial charge in [0.1, 0.15) is 6.04 Å². The summed E-state index contributed by atoms with van der Waals surface area (Å²) >= 11 is 0. The number of hydrogen-bond acceptors (Lipinski definition) is 3. The summed E-state index contributed by atoms with van der Waals surface area (Å²) in [5.74, 6) is 0.472. The van der Waals surface area contributed by atoms with Crippen LogP contribution in [0.25, 0.3) is 0 Å². The first-order chi connectivity index (χ1) is 7.83. The summed E-state index contributed by atoms with van der Waals surface area (Å²) in [4.78, 5) is 24.8. The van der Waals surface area contributed by atoms with Crippen LogP contribution in [0.1, 0.15) is 32.1 Å². The van der Waals surface area contributed by atoms with Gasteiger partial charge >= 0.3 is 0 Å². The summed E-state index contributed by atoms with van der Waals surface area (Å²) in [5.41, 5.74) is 0. The van der Waals surface area contributed by atoms with E-state index in [1.165, 1.54) is 6.42 Å². The fourth-order valence-electron chi connectivity index (χ4n) is 2.77. The lowest BCUT2D eigenvalue weighted by molar-refractivity contribution is -0.135. The molecule has 2 aliphatic rings. The molecular formula is C12H20N2O2. The standard InChI is InChI=1S/C12H20N2O2/c15-9-14-7-6-13-8-11(14)12(16)10-4-2-1-3-5-10/h9-11,13H,1-8H2. The van der Waals surface area contributed by atoms with Crippen molar-refractivity contribution in [1.82, 2.24) is 10.2 Å². The fraction of sp³-hybridized carbons (Fsp3) is 0.833. The molecule has 0 bridgehead atoms. The van der Waals surface area contributed by atoms with Gasteiger partial charge in [-0.3, -0.25) is 9.59 Å². The van der Waals surface area contributed by atoms with Gasteiger partial charge in [0.15, 0.2) is 5.78 Å². The molecule has 16 heavy (non-hydrogen) atoms. The van der Waals surface area contributed by atoms with Gasteiger partial charge in [-0.05, 0) is 12.8 Å². The molecule has 4 heteroatoms. The molecule has 0 radical (unpaired) electrons. The van der Waals surface area contributed by atoms with Crippen molar-refractivity contribution in [2.75, 3.05) is 19.6 Å². The number of nitrogens with one attached hydrogen (secondary N) is 1. The second-order valence-corrected chi connectivity index (χ2v) is 4.80. The molecule has 1 saturated heterocycles. The van der Waals surface area contributed by atoms with E-state index in [0.29, 0.717) is 13.1 Å². The molecular weight excluding hydrogens is 204 g/mol. The van der Waals surface area contributed by atoms with Gasteiger partial charge in [-0.1, -0.05) is 19.3 Å². The van der Waals surface area contributed by atoms with E-state index in [4.69, 9.17) is 0 Å². The lowest BCUT2D eigenvalue weighted by Crippen LogP contribution is -2.55. The topological polar surface area (TPSA) is 49.4 Å². The Morgan fingerprint density at radius 3 is 2.69 bits per heavy atom. The third-order valence-corrected chi connectivity index (χ3v) is 3.76. The van der Waals surface area contributed by atoms with Crippen molar-refractivity contribution in [3.05, 3.63) is 0 Å². The van der Waals surface area contributed by atoms with Crippen molar-refractivity contribution in [2.45, 2.75) is 38.1 Å². The molecule has 1 amide bonds. The van der Waals surface area contributed by atoms with Crippen molar-refractivity contribution in [2.24, 2.45) is 5.92 Å². The highest BCUT2D eigenvalue weighted by atomic mass is 16.1. The molecule has 1 unspecified atom stereocenters. The average Bonchev–Trinajstić information content (AvgIpc) is 2.39. The summed E-state index contributed by atoms with van der Waals surface area (Å²) in [6, 6.07) is -0.214. The van der Waals surface area contributed by atoms with Crippen LogP contribution in [-0.4, -0.2) is 42.8 Å². The third-order valence-electron chi connectivity index (χ3n) is 3.76. The Kier molecular flexibility index (Phi) is 3.93. The number of ketones is 1. The van der Waals surface area contributed by atoms with Crippen LogP contribution in [0.5, 0.6) is 0 Å². The lowest BCUT2D eigenvalue weighted by Gasteiger charge is -2.35. The number of carbonyl (C=O) groups is 2. The quantitative estimate of drug-likeness (QED) is 0.713. The van der Waals surface area contributed by atoms with Crippen molar-refractivity contribution in [3.63, 3.8) is 0 Å². The highest BCUT2D eigenvalue weighted by Gasteiger charge is 2.32. The Morgan fingerprint density at radius 2 is 2.00 bits per heavy atom. The summed E-state index contributed by atoms with van der Waals surface area (Å²) < 4.78 is 0. The van der Waals surface area contributed by atoms with E-state index in [0.717, 1.165) is 38.6 Å². The zero-order valence-electron chi connectivity index (χ0n) is 9.65. The molecule has 1 saturated carbocycles. The Bertz CT molecular complexity index is 262. The molecule has 0 spiro atoms. The summed E-state index contributed by atoms with van der Waals surface area (Å²) in [6.45, 7) is 2.09. The molecule has 1 heterocycles. The van der Waals surface area contributed by atoms with E-state index < -0.39 is 0 Å². The molecule has 0 aromatic carbocycles. The first-order valence-electron chi connectivity index (χ1n) is 6.28. The number of carbonyl (C=O) groups excluding carboxylic acids is 2. The number of piperazine rings is 1. The van der Waals surface area contributed by atoms with Crippen LogP contribution in [0.15, 0.2) is 0 Å². The number of hydrogen-bond donors (Lipinski definition) is 1. The maximum absolute atomic E-state index is 12.3. The van der Waals surface area contributed by atoms with Crippen molar-refractivity contribution in [3.8, 4) is 0 Å². The van der Waals surface area contributed by atoms with E-state index in [1.54, 1.807) is 4.90 Å². The molecule has 90 valence electrons. The maximum Gasteiger partial charge on any atom is 0.210 e. The molecule has 0 aromatic heterocycles. The van der Waals surface area contributed by atoms with Crippen molar-refractivity contribution < 1.29 is 9.59 Å². The molecule has 0 aromatic rings. The van der Waals surface area contributed by atoms with E-state index in [9.17, 15) is 9.59 Å². The normalized spacial score (nSPS) is 27.8. The van der Waals surface area contributed by atoms with Crippen LogP contribution in [0, 0.1) is 5.92 Å². The highest BCUT2D eigenvalue weighted by molar-refractivity contribution is 5.88. The van der Waals surface area contributed by atoms with Gasteiger partial charge < -0.3 is 10.2 Å². The van der Waals surface area contributed by atoms with Crippen LogP contribution in [0.3, 0.4) is 0 Å². The molecule has 2 fully saturated rings. The van der Waals surface area contributed by atoms with Crippen LogP contribution in [0.4, 0.5) is 0 Å². The molecule has 2 rings (SSSR count). The van der Waals surface area contributed by atoms with Gasteiger partial charge in [0.05, 0.1) is 0 Å². The Labute approximate surface area is 96.4 Å². The minimum atomic E-state index is -0.214. The lowest BCUT2D eigenvalue weighted by atomic mass is 9.83. The summed E-state index contributed by atoms with van der Waals surface area (Å²) in [7, 11) is 0. The molecule has 1 aliphatic heterocycles. The van der Waals surface area contributed by atoms with Gasteiger partial charge in [0.2, 0.25) is 6.41 Å². The molecule has 4 nitrogen and oxygen atoms in total. The number of amides is 1. The minimum absolute atomic E-state index is 0.195. The van der Waals surface area contributed by atoms with Gasteiger partial charge in [-0.2, -0.15) is 0 Å². The largest absolute Gasteiger partial charge is 0.333 e. The number of rotatable bonds is 3. The van der Waals surface area contributed by atoms with Crippen molar-refractivity contribution >= 4 is 12.2 Å². The molecule has 1 aliphatic carbocycles. The van der Waals surface area contributed by atoms with Crippen LogP contribution >= 0.6 is 0 Å². The fourth-order valence-corrected chi connectivity index (χ4v) is 2.77. The van der Waals surface area contributed by atoms with Crippen LogP contribution < -0.4 is 5.32 Å². The van der Waals surface area contributed by atoms with Crippen LogP contribution in [-0.2, 0) is 9.59 Å². The monoisotopic (exact) mass is 224 g/mol. The van der Waals surface area contributed by atoms with Crippen molar-refractivity contribution in [1.29, 1.82) is 0 Å². The van der Waals surface area contributed by atoms with E-state index in [-0.39, 0.29) is 17.7 Å². The summed E-state index contributed by atoms with van der Waals surface area (Å²) in [6.07, 6.45) is 6.44. The SMILES string of the molecule is O=CN1CCNCC1C(=O)C1CCCCC1. The smallest absolute Gasteiger partial charge is 0.210 e. The molecule has 1 atom stereocenters. The Morgan fingerprint density at radius 1 is 1.25 bits per heavy atom. The zero-order chi connectivity index (χ0) is 11.4. The Hall–Kier alpha value is -0.900. The zero-order valence-corrected chi connectivity index (χ0v) is 9.65. The van der Waals surface area contributed by atoms with E-state index >= 15 is 0 Å². The predicted molar refractivity (Wildman–Crippen MR) is 61.0 cm³/mol. The maximum atomic E-state index is 12.3. The highest BCUT2D eigenvalue weighted by Crippen LogP contribution is 2.26. The van der Waals surface area contributed by atoms with Gasteiger partial charge in [-0.15, -0.1) is 0 Å².